The van der Waals surface area contributed by atoms with Crippen LogP contribution in [0, 0.1) is 0 Å². The lowest BCUT2D eigenvalue weighted by Gasteiger charge is -2.28. The average Bonchev–Trinajstić information content (AvgIpc) is 2.45. The number of hydrogen-bond acceptors (Lipinski definition) is 4. The van der Waals surface area contributed by atoms with Gasteiger partial charge in [0.2, 0.25) is 17.7 Å². The molecule has 1 aliphatic heterocycles. The van der Waals surface area contributed by atoms with E-state index in [4.69, 9.17) is 17.3 Å². The van der Waals surface area contributed by atoms with E-state index in [-0.39, 0.29) is 11.8 Å². The number of primary amides is 1. The topological polar surface area (TPSA) is 92.5 Å². The van der Waals surface area contributed by atoms with Crippen LogP contribution < -0.4 is 11.1 Å². The Morgan fingerprint density at radius 3 is 2.81 bits per heavy atom. The van der Waals surface area contributed by atoms with Gasteiger partial charge in [-0.25, -0.2) is 0 Å². The zero-order valence-corrected chi connectivity index (χ0v) is 12.3. The molecule has 6 nitrogen and oxygen atoms in total. The number of likely N-dealkylation sites (tertiary alicyclic amines) is 1. The van der Waals surface area contributed by atoms with Crippen LogP contribution in [0.4, 0.5) is 0 Å². The molecule has 2 rings (SSSR count). The molecule has 1 atom stereocenters. The Morgan fingerprint density at radius 1 is 1.48 bits per heavy atom. The van der Waals surface area contributed by atoms with Crippen molar-refractivity contribution in [2.75, 3.05) is 7.05 Å². The molecule has 21 heavy (non-hydrogen) atoms. The number of hydrogen-bond donors (Lipinski definition) is 2. The monoisotopic (exact) mass is 309 g/mol. The summed E-state index contributed by atoms with van der Waals surface area (Å²) in [5.41, 5.74) is 6.27. The highest BCUT2D eigenvalue weighted by Gasteiger charge is 2.31. The Bertz CT molecular complexity index is 603. The summed E-state index contributed by atoms with van der Waals surface area (Å²) in [5, 5.41) is 3.49. The summed E-state index contributed by atoms with van der Waals surface area (Å²) in [4.78, 5) is 35.5. The second-order valence-corrected chi connectivity index (χ2v) is 5.34. The van der Waals surface area contributed by atoms with Crippen molar-refractivity contribution in [3.8, 4) is 0 Å². The SMILES string of the molecule is CN1C(=O)CCC(NCc2ccc(C(N)=O)cc2Cl)C1=O. The molecule has 3 N–H and O–H groups in total. The van der Waals surface area contributed by atoms with E-state index in [9.17, 15) is 14.4 Å². The predicted octanol–water partition coefficient (Wildman–Crippen LogP) is 0.676. The van der Waals surface area contributed by atoms with Crippen LogP contribution in [0.5, 0.6) is 0 Å². The molecule has 1 aliphatic rings. The molecule has 1 heterocycles. The summed E-state index contributed by atoms with van der Waals surface area (Å²) in [6.07, 6.45) is 0.813. The predicted molar refractivity (Wildman–Crippen MR) is 77.6 cm³/mol. The van der Waals surface area contributed by atoms with Gasteiger partial charge in [0.05, 0.1) is 6.04 Å². The van der Waals surface area contributed by atoms with E-state index in [0.29, 0.717) is 30.0 Å². The van der Waals surface area contributed by atoms with Crippen molar-refractivity contribution in [2.45, 2.75) is 25.4 Å². The Kier molecular flexibility index (Phi) is 4.59. The lowest BCUT2D eigenvalue weighted by Crippen LogP contribution is -2.51. The van der Waals surface area contributed by atoms with Gasteiger partial charge in [-0.3, -0.25) is 19.3 Å². The summed E-state index contributed by atoms with van der Waals surface area (Å²) in [5.74, 6) is -0.947. The number of nitrogens with zero attached hydrogens (tertiary/aromatic N) is 1. The normalized spacial score (nSPS) is 19.0. The number of imide groups is 1. The highest BCUT2D eigenvalue weighted by Crippen LogP contribution is 2.19. The van der Waals surface area contributed by atoms with E-state index >= 15 is 0 Å². The number of carbonyl (C=O) groups is 3. The number of halogens is 1. The average molecular weight is 310 g/mol. The van der Waals surface area contributed by atoms with Crippen LogP contribution in [0.1, 0.15) is 28.8 Å². The number of rotatable bonds is 4. The van der Waals surface area contributed by atoms with Crippen LogP contribution in [0.3, 0.4) is 0 Å². The number of nitrogens with two attached hydrogens (primary N) is 1. The van der Waals surface area contributed by atoms with Crippen LogP contribution in [0.2, 0.25) is 5.02 Å². The lowest BCUT2D eigenvalue weighted by atomic mass is 10.0. The maximum atomic E-state index is 11.9. The molecule has 0 bridgehead atoms. The van der Waals surface area contributed by atoms with Gasteiger partial charge >= 0.3 is 0 Å². The molecule has 7 heteroatoms. The van der Waals surface area contributed by atoms with Crippen molar-refractivity contribution < 1.29 is 14.4 Å². The molecule has 1 fully saturated rings. The molecule has 1 saturated heterocycles. The third kappa shape index (κ3) is 3.40. The molecule has 0 aliphatic carbocycles. The lowest BCUT2D eigenvalue weighted by molar-refractivity contribution is -0.148. The Hall–Kier alpha value is -1.92. The minimum absolute atomic E-state index is 0.165. The Labute approximate surface area is 127 Å². The summed E-state index contributed by atoms with van der Waals surface area (Å²) in [6.45, 7) is 0.371. The van der Waals surface area contributed by atoms with Gasteiger partial charge in [0.1, 0.15) is 0 Å². The summed E-state index contributed by atoms with van der Waals surface area (Å²) in [6, 6.07) is 4.38. The smallest absolute Gasteiger partial charge is 0.248 e. The second-order valence-electron chi connectivity index (χ2n) is 4.93. The molecule has 0 aromatic heterocycles. The standard InChI is InChI=1S/C14H16ClN3O3/c1-18-12(19)5-4-11(14(18)21)17-7-9-3-2-8(13(16)20)6-10(9)15/h2-3,6,11,17H,4-5,7H2,1H3,(H2,16,20). The first-order valence-electron chi connectivity index (χ1n) is 6.52. The maximum absolute atomic E-state index is 11.9. The van der Waals surface area contributed by atoms with E-state index in [2.05, 4.69) is 5.32 Å². The van der Waals surface area contributed by atoms with Crippen LogP contribution in [-0.2, 0) is 16.1 Å². The van der Waals surface area contributed by atoms with Crippen LogP contribution in [0.25, 0.3) is 0 Å². The van der Waals surface area contributed by atoms with E-state index in [1.54, 1.807) is 12.1 Å². The third-order valence-corrected chi connectivity index (χ3v) is 3.88. The minimum Gasteiger partial charge on any atom is -0.366 e. The minimum atomic E-state index is -0.543. The largest absolute Gasteiger partial charge is 0.366 e. The van der Waals surface area contributed by atoms with Gasteiger partial charge in [-0.05, 0) is 24.1 Å². The van der Waals surface area contributed by atoms with Gasteiger partial charge < -0.3 is 11.1 Å². The number of carbonyl (C=O) groups excluding carboxylic acids is 3. The first kappa shape index (κ1) is 15.5. The van der Waals surface area contributed by atoms with Crippen molar-refractivity contribution in [1.82, 2.24) is 10.2 Å². The number of piperidine rings is 1. The van der Waals surface area contributed by atoms with Crippen molar-refractivity contribution in [1.29, 1.82) is 0 Å². The molecule has 3 amide bonds. The van der Waals surface area contributed by atoms with E-state index in [0.717, 1.165) is 10.5 Å². The molecular weight excluding hydrogens is 294 g/mol. The molecule has 0 saturated carbocycles. The van der Waals surface area contributed by atoms with Gasteiger partial charge in [0.15, 0.2) is 0 Å². The van der Waals surface area contributed by atoms with Crippen LogP contribution >= 0.6 is 11.6 Å². The molecule has 0 radical (unpaired) electrons. The number of benzene rings is 1. The fourth-order valence-corrected chi connectivity index (χ4v) is 2.43. The van der Waals surface area contributed by atoms with Gasteiger partial charge in [-0.1, -0.05) is 17.7 Å². The Morgan fingerprint density at radius 2 is 2.19 bits per heavy atom. The van der Waals surface area contributed by atoms with Gasteiger partial charge in [0, 0.05) is 30.6 Å². The van der Waals surface area contributed by atoms with Crippen LogP contribution in [0.15, 0.2) is 18.2 Å². The van der Waals surface area contributed by atoms with Crippen molar-refractivity contribution in [3.63, 3.8) is 0 Å². The molecular formula is C14H16ClN3O3. The van der Waals surface area contributed by atoms with Crippen molar-refractivity contribution in [2.24, 2.45) is 5.73 Å². The number of nitrogens with one attached hydrogen (secondary N) is 1. The fraction of sp³-hybridized carbons (Fsp3) is 0.357. The number of likely N-dealkylation sites (N-methyl/N-ethyl adjacent to an activating group) is 1. The highest BCUT2D eigenvalue weighted by atomic mass is 35.5. The number of amides is 3. The highest BCUT2D eigenvalue weighted by molar-refractivity contribution is 6.31. The second kappa shape index (κ2) is 6.24. The molecule has 1 aromatic rings. The molecule has 1 aromatic carbocycles. The fourth-order valence-electron chi connectivity index (χ4n) is 2.18. The third-order valence-electron chi connectivity index (χ3n) is 3.53. The zero-order valence-electron chi connectivity index (χ0n) is 11.6. The first-order chi connectivity index (χ1) is 9.90. The summed E-state index contributed by atoms with van der Waals surface area (Å²) >= 11 is 6.08. The van der Waals surface area contributed by atoms with Crippen molar-refractivity contribution >= 4 is 29.3 Å². The summed E-state index contributed by atoms with van der Waals surface area (Å²) < 4.78 is 0. The van der Waals surface area contributed by atoms with Crippen molar-refractivity contribution in [3.05, 3.63) is 34.3 Å². The summed E-state index contributed by atoms with van der Waals surface area (Å²) in [7, 11) is 1.48. The molecule has 1 unspecified atom stereocenters. The molecule has 0 spiro atoms. The quantitative estimate of drug-likeness (QED) is 0.800. The van der Waals surface area contributed by atoms with E-state index in [1.807, 2.05) is 0 Å². The zero-order chi connectivity index (χ0) is 15.6. The van der Waals surface area contributed by atoms with Crippen LogP contribution in [-0.4, -0.2) is 35.7 Å². The van der Waals surface area contributed by atoms with Gasteiger partial charge in [-0.2, -0.15) is 0 Å². The Balaban J connectivity index is 2.02. The van der Waals surface area contributed by atoms with Gasteiger partial charge in [-0.15, -0.1) is 0 Å². The van der Waals surface area contributed by atoms with E-state index < -0.39 is 11.9 Å². The van der Waals surface area contributed by atoms with Gasteiger partial charge in [0.25, 0.3) is 0 Å². The molecule has 112 valence electrons. The first-order valence-corrected chi connectivity index (χ1v) is 6.90. The van der Waals surface area contributed by atoms with E-state index in [1.165, 1.54) is 13.1 Å². The maximum Gasteiger partial charge on any atom is 0.248 e.